The summed E-state index contributed by atoms with van der Waals surface area (Å²) in [5, 5.41) is 2.85. The number of benzene rings is 1. The van der Waals surface area contributed by atoms with Gasteiger partial charge in [0.15, 0.2) is 0 Å². The molecule has 1 aromatic heterocycles. The van der Waals surface area contributed by atoms with Crippen LogP contribution in [0.5, 0.6) is 5.75 Å². The molecule has 194 valence electrons. The van der Waals surface area contributed by atoms with Gasteiger partial charge in [0, 0.05) is 63.7 Å². The lowest BCUT2D eigenvalue weighted by molar-refractivity contribution is -0.116. The third kappa shape index (κ3) is 6.60. The van der Waals surface area contributed by atoms with Crippen molar-refractivity contribution in [2.45, 2.75) is 45.8 Å². The molecule has 2 heterocycles. The van der Waals surface area contributed by atoms with Gasteiger partial charge in [-0.3, -0.25) is 19.4 Å². The minimum absolute atomic E-state index is 0.0524. The number of rotatable bonds is 5. The molecule has 0 unspecified atom stereocenters. The summed E-state index contributed by atoms with van der Waals surface area (Å²) >= 11 is 0. The first-order valence-corrected chi connectivity index (χ1v) is 12.3. The van der Waals surface area contributed by atoms with Gasteiger partial charge >= 0.3 is 0 Å². The molecule has 0 fully saturated rings. The first-order valence-electron chi connectivity index (χ1n) is 12.3. The fourth-order valence-corrected chi connectivity index (χ4v) is 4.24. The van der Waals surface area contributed by atoms with Crippen molar-refractivity contribution in [1.29, 1.82) is 0 Å². The van der Waals surface area contributed by atoms with Gasteiger partial charge in [0.25, 0.3) is 11.8 Å². The van der Waals surface area contributed by atoms with Crippen molar-refractivity contribution in [3.05, 3.63) is 53.9 Å². The van der Waals surface area contributed by atoms with Gasteiger partial charge < -0.3 is 24.6 Å². The first-order chi connectivity index (χ1) is 17.2. The minimum Gasteiger partial charge on any atom is -0.491 e. The summed E-state index contributed by atoms with van der Waals surface area (Å²) in [7, 11) is 3.33. The number of aromatic nitrogens is 1. The number of carbonyl (C=O) groups is 3. The smallest absolute Gasteiger partial charge is 0.257 e. The molecule has 0 radical (unpaired) electrons. The molecule has 1 aliphatic rings. The van der Waals surface area contributed by atoms with Crippen LogP contribution in [-0.2, 0) is 9.53 Å². The van der Waals surface area contributed by atoms with E-state index in [4.69, 9.17) is 9.47 Å². The van der Waals surface area contributed by atoms with Crippen molar-refractivity contribution < 1.29 is 23.9 Å². The van der Waals surface area contributed by atoms with E-state index in [1.165, 1.54) is 0 Å². The highest BCUT2D eigenvalue weighted by molar-refractivity contribution is 5.98. The molecule has 9 nitrogen and oxygen atoms in total. The fourth-order valence-electron chi connectivity index (χ4n) is 4.24. The Hall–Kier alpha value is -3.46. The highest BCUT2D eigenvalue weighted by Crippen LogP contribution is 2.27. The molecular weight excluding hydrogens is 460 g/mol. The molecule has 3 amide bonds. The van der Waals surface area contributed by atoms with Crippen molar-refractivity contribution in [2.24, 2.45) is 5.92 Å². The molecule has 1 aliphatic heterocycles. The molecule has 1 N–H and O–H groups in total. The van der Waals surface area contributed by atoms with Crippen molar-refractivity contribution in [3.63, 3.8) is 0 Å². The highest BCUT2D eigenvalue weighted by atomic mass is 16.5. The Kier molecular flexibility index (Phi) is 9.41. The Morgan fingerprint density at radius 3 is 2.67 bits per heavy atom. The van der Waals surface area contributed by atoms with E-state index in [0.29, 0.717) is 42.1 Å². The molecular formula is C27H36N4O5. The Morgan fingerprint density at radius 2 is 2.00 bits per heavy atom. The summed E-state index contributed by atoms with van der Waals surface area (Å²) in [5.74, 6) is -0.161. The molecule has 3 rings (SSSR count). The number of hydrogen-bond donors (Lipinski definition) is 1. The Bertz CT molecular complexity index is 1060. The quantitative estimate of drug-likeness (QED) is 0.680. The number of carbonyl (C=O) groups excluding carboxylic acids is 3. The molecule has 0 saturated carbocycles. The lowest BCUT2D eigenvalue weighted by Crippen LogP contribution is -2.48. The lowest BCUT2D eigenvalue weighted by atomic mass is 10.0. The van der Waals surface area contributed by atoms with Crippen LogP contribution in [0.3, 0.4) is 0 Å². The van der Waals surface area contributed by atoms with Crippen molar-refractivity contribution in [3.8, 4) is 5.75 Å². The lowest BCUT2D eigenvalue weighted by Gasteiger charge is -2.36. The zero-order chi connectivity index (χ0) is 26.2. The van der Waals surface area contributed by atoms with E-state index in [0.717, 1.165) is 6.42 Å². The van der Waals surface area contributed by atoms with Crippen LogP contribution in [0.15, 0.2) is 42.7 Å². The summed E-state index contributed by atoms with van der Waals surface area (Å²) < 4.78 is 11.9. The fraction of sp³-hybridized carbons (Fsp3) is 0.481. The molecule has 3 atom stereocenters. The van der Waals surface area contributed by atoms with Crippen LogP contribution >= 0.6 is 0 Å². The minimum atomic E-state index is -0.309. The molecule has 0 aliphatic carbocycles. The maximum atomic E-state index is 13.4. The van der Waals surface area contributed by atoms with Gasteiger partial charge in [0.2, 0.25) is 5.91 Å². The number of nitrogens with zero attached hydrogens (tertiary/aromatic N) is 3. The van der Waals surface area contributed by atoms with Gasteiger partial charge in [-0.2, -0.15) is 0 Å². The molecule has 2 aromatic rings. The first kappa shape index (κ1) is 27.1. The second-order valence-electron chi connectivity index (χ2n) is 9.31. The maximum Gasteiger partial charge on any atom is 0.257 e. The normalized spacial score (nSPS) is 21.0. The van der Waals surface area contributed by atoms with Gasteiger partial charge in [-0.25, -0.2) is 0 Å². The molecule has 0 saturated heterocycles. The van der Waals surface area contributed by atoms with Gasteiger partial charge in [0.05, 0.1) is 23.3 Å². The van der Waals surface area contributed by atoms with E-state index in [2.05, 4.69) is 10.3 Å². The standard InChI is InChI=1S/C27H36N4O5/c1-6-8-25(32)29-21-10-11-22-23(13-21)36-17-19(3)31(26(33)20-9-7-12-28-14-20)15-18(2)24(35-5)16-30(4)27(22)34/h7,9-14,18-19,24H,6,8,15-17H2,1-5H3,(H,29,32)/t18-,19-,24-/m1/s1. The van der Waals surface area contributed by atoms with Crippen LogP contribution in [-0.4, -0.2) is 78.5 Å². The number of methoxy groups -OCH3 is 1. The number of anilines is 1. The monoisotopic (exact) mass is 496 g/mol. The SMILES string of the molecule is CCCC(=O)Nc1ccc2c(c1)OC[C@@H](C)N(C(=O)c1cccnc1)C[C@@H](C)[C@H](OC)CN(C)C2=O. The van der Waals surface area contributed by atoms with Crippen LogP contribution in [0.2, 0.25) is 0 Å². The zero-order valence-electron chi connectivity index (χ0n) is 21.7. The second-order valence-corrected chi connectivity index (χ2v) is 9.31. The van der Waals surface area contributed by atoms with Gasteiger partial charge in [0.1, 0.15) is 12.4 Å². The Morgan fingerprint density at radius 1 is 1.22 bits per heavy atom. The van der Waals surface area contributed by atoms with E-state index in [1.54, 1.807) is 66.7 Å². The molecule has 1 aromatic carbocycles. The molecule has 0 bridgehead atoms. The van der Waals surface area contributed by atoms with Gasteiger partial charge in [-0.15, -0.1) is 0 Å². The number of likely N-dealkylation sites (N-methyl/N-ethyl adjacent to an activating group) is 1. The van der Waals surface area contributed by atoms with Crippen LogP contribution in [0.1, 0.15) is 54.3 Å². The average molecular weight is 497 g/mol. The van der Waals surface area contributed by atoms with Crippen LogP contribution in [0, 0.1) is 5.92 Å². The van der Waals surface area contributed by atoms with Gasteiger partial charge in [-0.05, 0) is 37.6 Å². The maximum absolute atomic E-state index is 13.4. The predicted molar refractivity (Wildman–Crippen MR) is 137 cm³/mol. The molecule has 9 heteroatoms. The number of ether oxygens (including phenoxy) is 2. The number of hydrogen-bond acceptors (Lipinski definition) is 6. The summed E-state index contributed by atoms with van der Waals surface area (Å²) in [5.41, 5.74) is 1.42. The molecule has 36 heavy (non-hydrogen) atoms. The largest absolute Gasteiger partial charge is 0.491 e. The van der Waals surface area contributed by atoms with Crippen molar-refractivity contribution in [1.82, 2.24) is 14.8 Å². The third-order valence-corrected chi connectivity index (χ3v) is 6.38. The van der Waals surface area contributed by atoms with Gasteiger partial charge in [-0.1, -0.05) is 13.8 Å². The van der Waals surface area contributed by atoms with Crippen LogP contribution < -0.4 is 10.1 Å². The van der Waals surface area contributed by atoms with Crippen LogP contribution in [0.25, 0.3) is 0 Å². The van der Waals surface area contributed by atoms with Crippen molar-refractivity contribution in [2.75, 3.05) is 39.2 Å². The zero-order valence-corrected chi connectivity index (χ0v) is 21.7. The van der Waals surface area contributed by atoms with E-state index in [1.807, 2.05) is 20.8 Å². The number of pyridine rings is 1. The van der Waals surface area contributed by atoms with E-state index < -0.39 is 0 Å². The van der Waals surface area contributed by atoms with Crippen molar-refractivity contribution >= 4 is 23.4 Å². The highest BCUT2D eigenvalue weighted by Gasteiger charge is 2.31. The van der Waals surface area contributed by atoms with Crippen LogP contribution in [0.4, 0.5) is 5.69 Å². The predicted octanol–water partition coefficient (Wildman–Crippen LogP) is 3.47. The topological polar surface area (TPSA) is 101 Å². The van der Waals surface area contributed by atoms with E-state index >= 15 is 0 Å². The number of amides is 3. The summed E-state index contributed by atoms with van der Waals surface area (Å²) in [6.45, 7) is 6.77. The summed E-state index contributed by atoms with van der Waals surface area (Å²) in [6.07, 6.45) is 4.03. The summed E-state index contributed by atoms with van der Waals surface area (Å²) in [6, 6.07) is 8.19. The third-order valence-electron chi connectivity index (χ3n) is 6.38. The Balaban J connectivity index is 1.97. The molecule has 0 spiro atoms. The van der Waals surface area contributed by atoms with E-state index in [-0.39, 0.29) is 42.4 Å². The Labute approximate surface area is 212 Å². The average Bonchev–Trinajstić information content (AvgIpc) is 2.88. The number of nitrogens with one attached hydrogen (secondary N) is 1. The number of fused-ring (bicyclic) bond motifs is 1. The second kappa shape index (κ2) is 12.5. The summed E-state index contributed by atoms with van der Waals surface area (Å²) in [4.78, 5) is 46.3. The van der Waals surface area contributed by atoms with E-state index in [9.17, 15) is 14.4 Å².